The Kier molecular flexibility index (Phi) is 6.54. The average Bonchev–Trinajstić information content (AvgIpc) is 3.40. The molecule has 0 saturated carbocycles. The van der Waals surface area contributed by atoms with E-state index in [1.807, 2.05) is 12.1 Å². The van der Waals surface area contributed by atoms with Gasteiger partial charge < -0.3 is 18.7 Å². The zero-order chi connectivity index (χ0) is 23.6. The lowest BCUT2D eigenvalue weighted by atomic mass is 9.85. The lowest BCUT2D eigenvalue weighted by Crippen LogP contribution is -2.60. The quantitative estimate of drug-likeness (QED) is 0.323. The van der Waals surface area contributed by atoms with E-state index in [9.17, 15) is 9.59 Å². The number of esters is 1. The second kappa shape index (κ2) is 9.59. The summed E-state index contributed by atoms with van der Waals surface area (Å²) in [7, 11) is 0. The van der Waals surface area contributed by atoms with E-state index in [-0.39, 0.29) is 12.2 Å². The lowest BCUT2D eigenvalue weighted by Gasteiger charge is -2.47. The highest BCUT2D eigenvalue weighted by Crippen LogP contribution is 2.47. The Morgan fingerprint density at radius 3 is 1.91 bits per heavy atom. The minimum atomic E-state index is -1.79. The number of carbonyl (C=O) groups is 2. The Hall–Kier alpha value is -2.57. The van der Waals surface area contributed by atoms with Crippen LogP contribution in [0.4, 0.5) is 4.79 Å². The molecule has 1 spiro atoms. The Bertz CT molecular complexity index is 953. The van der Waals surface area contributed by atoms with Crippen LogP contribution in [0.1, 0.15) is 49.7 Å². The molecule has 6 nitrogen and oxygen atoms in total. The molecule has 34 heavy (non-hydrogen) atoms. The molecular formula is C27H31ClNO5+. The van der Waals surface area contributed by atoms with Gasteiger partial charge in [-0.2, -0.15) is 0 Å². The number of piperidine rings is 1. The highest BCUT2D eigenvalue weighted by atomic mass is 35.5. The van der Waals surface area contributed by atoms with Gasteiger partial charge in [-0.25, -0.2) is 9.59 Å². The molecule has 0 N–H and O–H groups in total. The van der Waals surface area contributed by atoms with Gasteiger partial charge in [-0.05, 0) is 0 Å². The Morgan fingerprint density at radius 2 is 1.41 bits per heavy atom. The van der Waals surface area contributed by atoms with Crippen LogP contribution in [-0.4, -0.2) is 54.0 Å². The maximum Gasteiger partial charge on any atom is 0.511 e. The van der Waals surface area contributed by atoms with Crippen molar-refractivity contribution in [1.82, 2.24) is 0 Å². The summed E-state index contributed by atoms with van der Waals surface area (Å²) in [6.45, 7) is 2.50. The van der Waals surface area contributed by atoms with Gasteiger partial charge >= 0.3 is 12.1 Å². The molecule has 0 radical (unpaired) electrons. The van der Waals surface area contributed by atoms with Crippen molar-refractivity contribution in [2.24, 2.45) is 0 Å². The molecule has 0 aliphatic carbocycles. The molecular weight excluding hydrogens is 454 g/mol. The second-order valence-electron chi connectivity index (χ2n) is 9.66. The van der Waals surface area contributed by atoms with Crippen molar-refractivity contribution in [3.8, 4) is 0 Å². The third-order valence-electron chi connectivity index (χ3n) is 8.09. The van der Waals surface area contributed by atoms with E-state index in [1.54, 1.807) is 48.5 Å². The van der Waals surface area contributed by atoms with Gasteiger partial charge in [0.1, 0.15) is 6.10 Å². The molecule has 5 rings (SSSR count). The number of rotatable bonds is 6. The molecule has 3 saturated heterocycles. The molecule has 2 aromatic rings. The largest absolute Gasteiger partial charge is 0.511 e. The van der Waals surface area contributed by atoms with Gasteiger partial charge in [-0.1, -0.05) is 72.3 Å². The van der Waals surface area contributed by atoms with Crippen molar-refractivity contribution < 1.29 is 28.3 Å². The summed E-state index contributed by atoms with van der Waals surface area (Å²) in [6, 6.07) is 18.7. The van der Waals surface area contributed by atoms with Gasteiger partial charge in [0.05, 0.1) is 25.2 Å². The van der Waals surface area contributed by atoms with Crippen LogP contribution in [0.3, 0.4) is 0 Å². The second-order valence-corrected chi connectivity index (χ2v) is 9.88. The van der Waals surface area contributed by atoms with Gasteiger partial charge in [-0.15, -0.1) is 0 Å². The Labute approximate surface area is 205 Å². The minimum absolute atomic E-state index is 0.200. The van der Waals surface area contributed by atoms with Crippen molar-refractivity contribution in [2.45, 2.75) is 62.3 Å². The monoisotopic (exact) mass is 484 g/mol. The molecule has 3 aliphatic rings. The van der Waals surface area contributed by atoms with E-state index >= 15 is 0 Å². The van der Waals surface area contributed by atoms with E-state index in [4.69, 9.17) is 25.8 Å². The van der Waals surface area contributed by atoms with Crippen LogP contribution < -0.4 is 0 Å². The number of halogens is 1. The maximum absolute atomic E-state index is 14.0. The average molecular weight is 485 g/mol. The van der Waals surface area contributed by atoms with Crippen LogP contribution >= 0.6 is 11.6 Å². The lowest BCUT2D eigenvalue weighted by molar-refractivity contribution is -0.956. The third-order valence-corrected chi connectivity index (χ3v) is 8.20. The first-order valence-corrected chi connectivity index (χ1v) is 12.7. The number of quaternary nitrogens is 1. The first-order chi connectivity index (χ1) is 16.6. The SMILES string of the molecule is O=C(OCCl)OC(C(=O)OC1CC2CCC(C1)[N+]21CCCC1)(c1ccccc1)c1ccccc1. The number of nitrogens with zero attached hydrogens (tertiary/aromatic N) is 1. The van der Waals surface area contributed by atoms with Gasteiger partial charge in [-0.3, -0.25) is 0 Å². The smallest absolute Gasteiger partial charge is 0.458 e. The summed E-state index contributed by atoms with van der Waals surface area (Å²) in [6.07, 6.45) is 5.46. The van der Waals surface area contributed by atoms with Crippen LogP contribution in [0, 0.1) is 0 Å². The van der Waals surface area contributed by atoms with Crippen LogP contribution in [0.5, 0.6) is 0 Å². The van der Waals surface area contributed by atoms with Crippen molar-refractivity contribution in [1.29, 1.82) is 0 Å². The van der Waals surface area contributed by atoms with Crippen molar-refractivity contribution in [3.63, 3.8) is 0 Å². The molecule has 2 atom stereocenters. The normalized spacial score (nSPS) is 25.1. The Balaban J connectivity index is 1.47. The fraction of sp³-hybridized carbons (Fsp3) is 0.481. The zero-order valence-corrected chi connectivity index (χ0v) is 20.0. The topological polar surface area (TPSA) is 61.8 Å². The molecule has 3 heterocycles. The predicted octanol–water partition coefficient (Wildman–Crippen LogP) is 5.13. The predicted molar refractivity (Wildman–Crippen MR) is 127 cm³/mol. The number of ether oxygens (including phenoxy) is 3. The molecule has 0 aromatic heterocycles. The molecule has 0 amide bonds. The zero-order valence-electron chi connectivity index (χ0n) is 19.2. The first-order valence-electron chi connectivity index (χ1n) is 12.2. The van der Waals surface area contributed by atoms with Gasteiger partial charge in [0.15, 0.2) is 6.07 Å². The van der Waals surface area contributed by atoms with E-state index in [1.165, 1.54) is 43.3 Å². The molecule has 2 aromatic carbocycles. The Morgan fingerprint density at radius 1 is 0.882 bits per heavy atom. The summed E-state index contributed by atoms with van der Waals surface area (Å²) in [5, 5.41) is 0. The van der Waals surface area contributed by atoms with E-state index < -0.39 is 17.7 Å². The number of alkyl halides is 1. The number of carbonyl (C=O) groups excluding carboxylic acids is 2. The summed E-state index contributed by atoms with van der Waals surface area (Å²) in [4.78, 5) is 26.6. The summed E-state index contributed by atoms with van der Waals surface area (Å²) in [5.41, 5.74) is -0.790. The number of benzene rings is 2. The number of hydrogen-bond donors (Lipinski definition) is 0. The van der Waals surface area contributed by atoms with E-state index in [0.717, 1.165) is 12.8 Å². The van der Waals surface area contributed by atoms with Gasteiger partial charge in [0.2, 0.25) is 0 Å². The molecule has 3 fully saturated rings. The molecule has 180 valence electrons. The van der Waals surface area contributed by atoms with E-state index in [0.29, 0.717) is 23.2 Å². The van der Waals surface area contributed by atoms with Gasteiger partial charge in [0, 0.05) is 49.7 Å². The fourth-order valence-corrected chi connectivity index (χ4v) is 6.74. The summed E-state index contributed by atoms with van der Waals surface area (Å²) in [5.74, 6) is -0.601. The minimum Gasteiger partial charge on any atom is -0.458 e. The van der Waals surface area contributed by atoms with Crippen LogP contribution in [0.15, 0.2) is 60.7 Å². The molecule has 3 aliphatic heterocycles. The molecule has 2 unspecified atom stereocenters. The van der Waals surface area contributed by atoms with E-state index in [2.05, 4.69) is 0 Å². The standard InChI is InChI=1S/C27H31ClNO5/c28-19-32-26(31)34-27(20-9-3-1-4-10-20,21-11-5-2-6-12-21)25(30)33-24-17-22-13-14-23(18-24)29(22)15-7-8-16-29/h1-6,9-12,22-24H,7-8,13-19H2/q+1. The summed E-state index contributed by atoms with van der Waals surface area (Å²) < 4.78 is 18.1. The van der Waals surface area contributed by atoms with Gasteiger partial charge in [0.25, 0.3) is 5.60 Å². The van der Waals surface area contributed by atoms with Crippen molar-refractivity contribution in [3.05, 3.63) is 71.8 Å². The fourth-order valence-electron chi connectivity index (χ4n) is 6.65. The summed E-state index contributed by atoms with van der Waals surface area (Å²) >= 11 is 5.61. The number of hydrogen-bond acceptors (Lipinski definition) is 5. The molecule has 7 heteroatoms. The van der Waals surface area contributed by atoms with Crippen molar-refractivity contribution >= 4 is 23.7 Å². The highest BCUT2D eigenvalue weighted by molar-refractivity contribution is 6.17. The maximum atomic E-state index is 14.0. The van der Waals surface area contributed by atoms with Crippen LogP contribution in [0.2, 0.25) is 0 Å². The van der Waals surface area contributed by atoms with Crippen LogP contribution in [0.25, 0.3) is 0 Å². The first kappa shape index (κ1) is 23.2. The molecule has 2 bridgehead atoms. The third kappa shape index (κ3) is 3.97. The van der Waals surface area contributed by atoms with Crippen molar-refractivity contribution in [2.75, 3.05) is 19.2 Å². The van der Waals surface area contributed by atoms with Crippen LogP contribution in [-0.2, 0) is 24.6 Å². The highest BCUT2D eigenvalue weighted by Gasteiger charge is 2.57.